The molecular weight excluding hydrogens is 251 g/mol. The van der Waals surface area contributed by atoms with Crippen molar-refractivity contribution in [3.8, 4) is 0 Å². The Morgan fingerprint density at radius 1 is 1.44 bits per heavy atom. The van der Waals surface area contributed by atoms with Gasteiger partial charge in [0.05, 0.1) is 4.92 Å². The van der Waals surface area contributed by atoms with Gasteiger partial charge in [-0.05, 0) is 25.3 Å². The van der Waals surface area contributed by atoms with Crippen molar-refractivity contribution >= 4 is 11.4 Å². The average molecular weight is 261 g/mol. The summed E-state index contributed by atoms with van der Waals surface area (Å²) in [6.45, 7) is 0. The Hall–Kier alpha value is -1.86. The van der Waals surface area contributed by atoms with E-state index in [0.717, 1.165) is 19.3 Å². The normalized spacial score (nSPS) is 16.2. The molecule has 0 atom stereocenters. The van der Waals surface area contributed by atoms with Crippen molar-refractivity contribution in [2.24, 2.45) is 0 Å². The number of nitrogens with zero attached hydrogens (tertiary/aromatic N) is 2. The smallest absolute Gasteiger partial charge is 0.377 e. The van der Waals surface area contributed by atoms with E-state index in [1.54, 1.807) is 0 Å². The molecule has 0 spiro atoms. The van der Waals surface area contributed by atoms with Crippen LogP contribution in [0.4, 0.5) is 24.5 Å². The van der Waals surface area contributed by atoms with Crippen molar-refractivity contribution in [3.63, 3.8) is 0 Å². The summed E-state index contributed by atoms with van der Waals surface area (Å²) >= 11 is 0. The van der Waals surface area contributed by atoms with Crippen molar-refractivity contribution in [3.05, 3.63) is 28.1 Å². The van der Waals surface area contributed by atoms with E-state index in [0.29, 0.717) is 12.3 Å². The van der Waals surface area contributed by atoms with E-state index in [1.807, 2.05) is 0 Å². The molecular formula is C10H10F3N3O2. The molecule has 1 aliphatic rings. The topological polar surface area (TPSA) is 68.1 Å². The molecule has 0 saturated heterocycles. The summed E-state index contributed by atoms with van der Waals surface area (Å²) < 4.78 is 37.4. The van der Waals surface area contributed by atoms with Crippen molar-refractivity contribution in [1.82, 2.24) is 4.98 Å². The number of nitrogens with one attached hydrogen (secondary N) is 1. The van der Waals surface area contributed by atoms with Crippen LogP contribution in [0, 0.1) is 10.1 Å². The van der Waals surface area contributed by atoms with Gasteiger partial charge in [-0.3, -0.25) is 10.1 Å². The zero-order valence-electron chi connectivity index (χ0n) is 9.20. The predicted octanol–water partition coefficient (Wildman–Crippen LogP) is 2.97. The molecule has 0 unspecified atom stereocenters. The fourth-order valence-corrected chi connectivity index (χ4v) is 1.64. The van der Waals surface area contributed by atoms with Crippen molar-refractivity contribution < 1.29 is 18.1 Å². The molecule has 5 nitrogen and oxygen atoms in total. The minimum atomic E-state index is -4.61. The van der Waals surface area contributed by atoms with Gasteiger partial charge in [0.25, 0.3) is 0 Å². The second-order valence-corrected chi connectivity index (χ2v) is 4.11. The maximum atomic E-state index is 12.5. The number of anilines is 1. The second-order valence-electron chi connectivity index (χ2n) is 4.11. The van der Waals surface area contributed by atoms with E-state index >= 15 is 0 Å². The highest BCUT2D eigenvalue weighted by Crippen LogP contribution is 2.34. The third-order valence-electron chi connectivity index (χ3n) is 2.83. The minimum absolute atomic E-state index is 0.00665. The van der Waals surface area contributed by atoms with Gasteiger partial charge in [-0.2, -0.15) is 13.2 Å². The lowest BCUT2D eigenvalue weighted by atomic mass is 9.93. The van der Waals surface area contributed by atoms with Crippen LogP contribution in [0.25, 0.3) is 0 Å². The van der Waals surface area contributed by atoms with Gasteiger partial charge in [0, 0.05) is 6.04 Å². The van der Waals surface area contributed by atoms with Crippen molar-refractivity contribution in [2.45, 2.75) is 31.5 Å². The Morgan fingerprint density at radius 2 is 2.11 bits per heavy atom. The van der Waals surface area contributed by atoms with Crippen LogP contribution in [0.3, 0.4) is 0 Å². The molecule has 1 N–H and O–H groups in total. The molecule has 18 heavy (non-hydrogen) atoms. The molecule has 1 saturated carbocycles. The molecule has 1 aliphatic carbocycles. The standard InChI is InChI=1S/C10H10F3N3O2/c11-10(12,13)9-4-7(15-6-2-1-3-6)8(5-14-9)16(17)18/h4-6H,1-3H2,(H,14,15). The summed E-state index contributed by atoms with van der Waals surface area (Å²) in [5.41, 5.74) is -1.68. The third kappa shape index (κ3) is 2.52. The minimum Gasteiger partial charge on any atom is -0.377 e. The van der Waals surface area contributed by atoms with Gasteiger partial charge in [0.2, 0.25) is 0 Å². The Kier molecular flexibility index (Phi) is 3.10. The van der Waals surface area contributed by atoms with Crippen LogP contribution >= 0.6 is 0 Å². The largest absolute Gasteiger partial charge is 0.433 e. The van der Waals surface area contributed by atoms with Gasteiger partial charge in [-0.15, -0.1) is 0 Å². The molecule has 0 radical (unpaired) electrons. The van der Waals surface area contributed by atoms with E-state index in [9.17, 15) is 23.3 Å². The molecule has 2 rings (SSSR count). The SMILES string of the molecule is O=[N+]([O-])c1cnc(C(F)(F)F)cc1NC1CCC1. The first-order valence-corrected chi connectivity index (χ1v) is 5.36. The molecule has 1 aromatic heterocycles. The van der Waals surface area contributed by atoms with E-state index in [1.165, 1.54) is 0 Å². The first-order chi connectivity index (χ1) is 8.38. The van der Waals surface area contributed by atoms with Crippen LogP contribution in [0.15, 0.2) is 12.3 Å². The lowest BCUT2D eigenvalue weighted by Gasteiger charge is -2.27. The molecule has 1 fully saturated rings. The number of pyridine rings is 1. The lowest BCUT2D eigenvalue weighted by Crippen LogP contribution is -2.27. The predicted molar refractivity (Wildman–Crippen MR) is 57.2 cm³/mol. The number of aromatic nitrogens is 1. The van der Waals surface area contributed by atoms with Gasteiger partial charge in [-0.1, -0.05) is 0 Å². The summed E-state index contributed by atoms with van der Waals surface area (Å²) in [4.78, 5) is 13.0. The maximum Gasteiger partial charge on any atom is 0.433 e. The van der Waals surface area contributed by atoms with Crippen molar-refractivity contribution in [1.29, 1.82) is 0 Å². The van der Waals surface area contributed by atoms with Gasteiger partial charge in [0.15, 0.2) is 0 Å². The highest BCUT2D eigenvalue weighted by molar-refractivity contribution is 5.61. The Labute approximate surface area is 100 Å². The van der Waals surface area contributed by atoms with Gasteiger partial charge >= 0.3 is 11.9 Å². The number of alkyl halides is 3. The second kappa shape index (κ2) is 4.43. The molecule has 0 amide bonds. The summed E-state index contributed by atoms with van der Waals surface area (Å²) in [5.74, 6) is 0. The highest BCUT2D eigenvalue weighted by Gasteiger charge is 2.34. The van der Waals surface area contributed by atoms with Crippen LogP contribution in [-0.4, -0.2) is 15.9 Å². The molecule has 0 bridgehead atoms. The van der Waals surface area contributed by atoms with Gasteiger partial charge in [0.1, 0.15) is 17.6 Å². The Balaban J connectivity index is 2.34. The Morgan fingerprint density at radius 3 is 2.56 bits per heavy atom. The first kappa shape index (κ1) is 12.6. The van der Waals surface area contributed by atoms with Crippen LogP contribution in [-0.2, 0) is 6.18 Å². The monoisotopic (exact) mass is 261 g/mol. The van der Waals surface area contributed by atoms with Crippen LogP contribution < -0.4 is 5.32 Å². The molecule has 98 valence electrons. The van der Waals surface area contributed by atoms with Gasteiger partial charge in [-0.25, -0.2) is 4.98 Å². The highest BCUT2D eigenvalue weighted by atomic mass is 19.4. The lowest BCUT2D eigenvalue weighted by molar-refractivity contribution is -0.384. The summed E-state index contributed by atoms with van der Waals surface area (Å²) in [6, 6.07) is 0.698. The Bertz CT molecular complexity index is 472. The number of halogens is 3. The van der Waals surface area contributed by atoms with E-state index in [4.69, 9.17) is 0 Å². The summed E-state index contributed by atoms with van der Waals surface area (Å²) in [6.07, 6.45) is -1.38. The molecule has 0 aliphatic heterocycles. The maximum absolute atomic E-state index is 12.5. The number of hydrogen-bond acceptors (Lipinski definition) is 4. The average Bonchev–Trinajstić information content (AvgIpc) is 2.21. The van der Waals surface area contributed by atoms with Crippen LogP contribution in [0.5, 0.6) is 0 Å². The van der Waals surface area contributed by atoms with Crippen LogP contribution in [0.1, 0.15) is 25.0 Å². The third-order valence-corrected chi connectivity index (χ3v) is 2.83. The fourth-order valence-electron chi connectivity index (χ4n) is 1.64. The van der Waals surface area contributed by atoms with E-state index < -0.39 is 22.5 Å². The zero-order chi connectivity index (χ0) is 13.3. The molecule has 0 aromatic carbocycles. The fraction of sp³-hybridized carbons (Fsp3) is 0.500. The van der Waals surface area contributed by atoms with E-state index in [-0.39, 0.29) is 11.7 Å². The molecule has 1 heterocycles. The summed E-state index contributed by atoms with van der Waals surface area (Å²) in [7, 11) is 0. The number of nitro groups is 1. The van der Waals surface area contributed by atoms with Crippen LogP contribution in [0.2, 0.25) is 0 Å². The zero-order valence-corrected chi connectivity index (χ0v) is 9.20. The quantitative estimate of drug-likeness (QED) is 0.670. The molecule has 1 aromatic rings. The number of rotatable bonds is 3. The first-order valence-electron chi connectivity index (χ1n) is 5.36. The van der Waals surface area contributed by atoms with E-state index in [2.05, 4.69) is 10.3 Å². The molecule has 8 heteroatoms. The summed E-state index contributed by atoms with van der Waals surface area (Å²) in [5, 5.41) is 13.5. The number of hydrogen-bond donors (Lipinski definition) is 1. The van der Waals surface area contributed by atoms with Crippen molar-refractivity contribution in [2.75, 3.05) is 5.32 Å². The van der Waals surface area contributed by atoms with Gasteiger partial charge < -0.3 is 5.32 Å².